The molecule has 8 nitrogen and oxygen atoms in total. The molecule has 1 fully saturated rings. The van der Waals surface area contributed by atoms with E-state index in [-0.39, 0.29) is 12.3 Å². The lowest BCUT2D eigenvalue weighted by Gasteiger charge is -2.19. The zero-order valence-electron chi connectivity index (χ0n) is 21.2. The van der Waals surface area contributed by atoms with Crippen LogP contribution in [0, 0.1) is 0 Å². The summed E-state index contributed by atoms with van der Waals surface area (Å²) < 4.78 is 5.76. The summed E-state index contributed by atoms with van der Waals surface area (Å²) in [5.74, 6) is -0.961. The molecule has 1 aromatic heterocycles. The van der Waals surface area contributed by atoms with E-state index in [4.69, 9.17) is 22.1 Å². The summed E-state index contributed by atoms with van der Waals surface area (Å²) in [6.07, 6.45) is 3.41. The zero-order valence-corrected chi connectivity index (χ0v) is 22.8. The highest BCUT2D eigenvalue weighted by Gasteiger charge is 2.31. The van der Waals surface area contributed by atoms with Gasteiger partial charge >= 0.3 is 12.1 Å². The van der Waals surface area contributed by atoms with E-state index in [9.17, 15) is 14.4 Å². The van der Waals surface area contributed by atoms with Crippen LogP contribution in [-0.4, -0.2) is 49.4 Å². The molecule has 1 aliphatic heterocycles. The third-order valence-corrected chi connectivity index (χ3v) is 6.66. The van der Waals surface area contributed by atoms with Crippen molar-refractivity contribution in [3.63, 3.8) is 0 Å². The van der Waals surface area contributed by atoms with Gasteiger partial charge in [0.15, 0.2) is 0 Å². The summed E-state index contributed by atoms with van der Waals surface area (Å²) in [6.45, 7) is 6.28. The average molecular weight is 542 g/mol. The minimum absolute atomic E-state index is 0.131. The van der Waals surface area contributed by atoms with Gasteiger partial charge in [0.25, 0.3) is 5.91 Å². The summed E-state index contributed by atoms with van der Waals surface area (Å²) in [4.78, 5) is 42.1. The Labute approximate surface area is 226 Å². The number of carbonyl (C=O) groups is 3. The number of pyridine rings is 1. The number of carboxylic acids is 1. The van der Waals surface area contributed by atoms with Gasteiger partial charge in [-0.1, -0.05) is 60.7 Å². The smallest absolute Gasteiger partial charge is 0.407 e. The Morgan fingerprint density at radius 2 is 1.86 bits per heavy atom. The van der Waals surface area contributed by atoms with Crippen LogP contribution in [0.2, 0.25) is 0 Å². The van der Waals surface area contributed by atoms with E-state index in [1.807, 2.05) is 63.2 Å². The number of alkyl carbamates (subject to hydrolysis) is 1. The highest BCUT2D eigenvalue weighted by atomic mass is 32.2. The number of nitrogens with one attached hydrogen (secondary N) is 1. The van der Waals surface area contributed by atoms with E-state index >= 15 is 0 Å². The molecule has 0 aliphatic carbocycles. The summed E-state index contributed by atoms with van der Waals surface area (Å²) in [5, 5.41) is 11.5. The predicted molar refractivity (Wildman–Crippen MR) is 149 cm³/mol. The largest absolute Gasteiger partial charge is 0.481 e. The second-order valence-electron chi connectivity index (χ2n) is 9.54. The molecule has 10 heteroatoms. The molecule has 0 saturated carbocycles. The molecule has 1 aromatic carbocycles. The normalized spacial score (nSPS) is 14.8. The van der Waals surface area contributed by atoms with E-state index < -0.39 is 17.7 Å². The molecule has 2 amide bonds. The molecule has 2 N–H and O–H groups in total. The quantitative estimate of drug-likeness (QED) is 0.227. The molecule has 196 valence electrons. The predicted octanol–water partition coefficient (Wildman–Crippen LogP) is 5.62. The number of thiocarbonyl (C=S) groups is 1. The third-order valence-electron chi connectivity index (χ3n) is 5.28. The maximum atomic E-state index is 12.9. The number of hydrogen-bond acceptors (Lipinski definition) is 7. The molecule has 0 unspecified atom stereocenters. The Bertz CT molecular complexity index is 1190. The topological polar surface area (TPSA) is 109 Å². The van der Waals surface area contributed by atoms with Crippen molar-refractivity contribution in [2.24, 2.45) is 0 Å². The van der Waals surface area contributed by atoms with Crippen LogP contribution in [-0.2, 0) is 20.9 Å². The van der Waals surface area contributed by atoms with Crippen molar-refractivity contribution in [2.45, 2.75) is 58.6 Å². The lowest BCUT2D eigenvalue weighted by atomic mass is 10.1. The standard InChI is InChI=1S/C27H31N3O5S2/c1-27(2,3)35-25(34)28-17-18-11-13-19(14-12-18)21-9-7-8-20(29-21)16-22-24(33)30(26(36)37-22)15-6-4-5-10-23(31)32/h7-9,11-14,16H,4-6,10,15,17H2,1-3H3,(H,28,34)(H,31,32). The molecule has 2 aromatic rings. The molecular weight excluding hydrogens is 510 g/mol. The van der Waals surface area contributed by atoms with Crippen molar-refractivity contribution in [2.75, 3.05) is 6.54 Å². The first-order valence-electron chi connectivity index (χ1n) is 12.0. The highest BCUT2D eigenvalue weighted by molar-refractivity contribution is 8.26. The van der Waals surface area contributed by atoms with Crippen molar-refractivity contribution in [3.05, 3.63) is 58.6 Å². The minimum Gasteiger partial charge on any atom is -0.481 e. The Hall–Kier alpha value is -3.24. The van der Waals surface area contributed by atoms with Gasteiger partial charge in [-0.15, -0.1) is 0 Å². The summed E-state index contributed by atoms with van der Waals surface area (Å²) in [6, 6.07) is 13.3. The van der Waals surface area contributed by atoms with Gasteiger partial charge < -0.3 is 15.2 Å². The van der Waals surface area contributed by atoms with Crippen molar-refractivity contribution in [1.82, 2.24) is 15.2 Å². The minimum atomic E-state index is -0.811. The fourth-order valence-electron chi connectivity index (χ4n) is 3.52. The number of benzene rings is 1. The molecule has 0 radical (unpaired) electrons. The zero-order chi connectivity index (χ0) is 27.0. The number of ether oxygens (including phenoxy) is 1. The maximum Gasteiger partial charge on any atom is 0.407 e. The van der Waals surface area contributed by atoms with Gasteiger partial charge in [-0.25, -0.2) is 9.78 Å². The van der Waals surface area contributed by atoms with E-state index in [1.165, 1.54) is 11.8 Å². The molecular formula is C27H31N3O5S2. The van der Waals surface area contributed by atoms with Crippen LogP contribution in [0.1, 0.15) is 57.7 Å². The number of carboxylic acid groups (broad SMARTS) is 1. The van der Waals surface area contributed by atoms with Gasteiger partial charge in [-0.2, -0.15) is 0 Å². The molecule has 37 heavy (non-hydrogen) atoms. The van der Waals surface area contributed by atoms with Gasteiger partial charge in [-0.05, 0) is 57.4 Å². The van der Waals surface area contributed by atoms with Gasteiger partial charge in [0.2, 0.25) is 0 Å². The number of aromatic nitrogens is 1. The molecule has 1 aliphatic rings. The van der Waals surface area contributed by atoms with Crippen LogP contribution >= 0.6 is 24.0 Å². The van der Waals surface area contributed by atoms with E-state index in [1.54, 1.807) is 11.0 Å². The van der Waals surface area contributed by atoms with Crippen LogP contribution in [0.15, 0.2) is 47.4 Å². The monoisotopic (exact) mass is 541 g/mol. The Morgan fingerprint density at radius 3 is 2.54 bits per heavy atom. The number of unbranched alkanes of at least 4 members (excludes halogenated alkanes) is 2. The number of rotatable bonds is 10. The van der Waals surface area contributed by atoms with Crippen LogP contribution in [0.4, 0.5) is 4.79 Å². The summed E-state index contributed by atoms with van der Waals surface area (Å²) >= 11 is 6.64. The Balaban J connectivity index is 1.60. The number of amides is 2. The fraction of sp³-hybridized carbons (Fsp3) is 0.370. The number of hydrogen-bond donors (Lipinski definition) is 2. The van der Waals surface area contributed by atoms with Crippen LogP contribution in [0.25, 0.3) is 17.3 Å². The van der Waals surface area contributed by atoms with E-state index in [0.717, 1.165) is 23.2 Å². The molecule has 3 rings (SSSR count). The number of aliphatic carboxylic acids is 1. The van der Waals surface area contributed by atoms with Crippen LogP contribution in [0.3, 0.4) is 0 Å². The van der Waals surface area contributed by atoms with E-state index in [2.05, 4.69) is 10.3 Å². The second kappa shape index (κ2) is 12.8. The first-order chi connectivity index (χ1) is 17.5. The first kappa shape index (κ1) is 28.3. The summed E-state index contributed by atoms with van der Waals surface area (Å²) in [7, 11) is 0. The third kappa shape index (κ3) is 8.98. The lowest BCUT2D eigenvalue weighted by molar-refractivity contribution is -0.137. The van der Waals surface area contributed by atoms with Crippen molar-refractivity contribution in [1.29, 1.82) is 0 Å². The van der Waals surface area contributed by atoms with Gasteiger partial charge in [0.05, 0.1) is 16.3 Å². The molecule has 0 atom stereocenters. The SMILES string of the molecule is CC(C)(C)OC(=O)NCc1ccc(-c2cccc(C=C3SC(=S)N(CCCCCC(=O)O)C3=O)n2)cc1. The lowest BCUT2D eigenvalue weighted by Crippen LogP contribution is -2.32. The average Bonchev–Trinajstić information content (AvgIpc) is 3.09. The van der Waals surface area contributed by atoms with E-state index in [0.29, 0.717) is 40.9 Å². The maximum absolute atomic E-state index is 12.9. The number of thioether (sulfide) groups is 1. The second-order valence-corrected chi connectivity index (χ2v) is 11.2. The summed E-state index contributed by atoms with van der Waals surface area (Å²) in [5.41, 5.74) is 2.70. The van der Waals surface area contributed by atoms with Crippen LogP contribution < -0.4 is 5.32 Å². The molecule has 2 heterocycles. The Kier molecular flexibility index (Phi) is 9.82. The molecule has 1 saturated heterocycles. The van der Waals surface area contributed by atoms with Gasteiger partial charge in [0, 0.05) is 25.1 Å². The Morgan fingerprint density at radius 1 is 1.14 bits per heavy atom. The van der Waals surface area contributed by atoms with Gasteiger partial charge in [-0.3, -0.25) is 14.5 Å². The molecule has 0 spiro atoms. The van der Waals surface area contributed by atoms with Crippen molar-refractivity contribution < 1.29 is 24.2 Å². The van der Waals surface area contributed by atoms with Gasteiger partial charge in [0.1, 0.15) is 9.92 Å². The van der Waals surface area contributed by atoms with Crippen molar-refractivity contribution >= 4 is 52.3 Å². The highest BCUT2D eigenvalue weighted by Crippen LogP contribution is 2.33. The number of carbonyl (C=O) groups excluding carboxylic acids is 2. The fourth-order valence-corrected chi connectivity index (χ4v) is 4.82. The number of nitrogens with zero attached hydrogens (tertiary/aromatic N) is 2. The molecule has 0 bridgehead atoms. The van der Waals surface area contributed by atoms with Crippen LogP contribution in [0.5, 0.6) is 0 Å². The first-order valence-corrected chi connectivity index (χ1v) is 13.2. The van der Waals surface area contributed by atoms with Crippen molar-refractivity contribution in [3.8, 4) is 11.3 Å².